The average Bonchev–Trinajstić information content (AvgIpc) is 3.26. The van der Waals surface area contributed by atoms with Gasteiger partial charge in [0.05, 0.1) is 15.9 Å². The average molecular weight is 466 g/mol. The van der Waals surface area contributed by atoms with Crippen molar-refractivity contribution in [3.63, 3.8) is 0 Å². The SMILES string of the molecule is CCc1ccc(Nc2nc(Cc3ccccc3)cc(Nc3nc4ccc(CC)cc4s3)n2)cc1. The number of thiazole rings is 1. The number of hydrogen-bond acceptors (Lipinski definition) is 6. The lowest BCUT2D eigenvalue weighted by Gasteiger charge is -2.11. The van der Waals surface area contributed by atoms with Gasteiger partial charge in [0.1, 0.15) is 5.82 Å². The molecule has 5 nitrogen and oxygen atoms in total. The molecule has 0 unspecified atom stereocenters. The van der Waals surface area contributed by atoms with Gasteiger partial charge in [-0.05, 0) is 53.8 Å². The van der Waals surface area contributed by atoms with Gasteiger partial charge in [-0.2, -0.15) is 4.98 Å². The van der Waals surface area contributed by atoms with Gasteiger partial charge < -0.3 is 10.6 Å². The Hall–Kier alpha value is -3.77. The van der Waals surface area contributed by atoms with Crippen LogP contribution in [0, 0.1) is 0 Å². The van der Waals surface area contributed by atoms with Crippen LogP contribution in [0.25, 0.3) is 10.2 Å². The second-order valence-corrected chi connectivity index (χ2v) is 9.24. The minimum absolute atomic E-state index is 0.564. The molecule has 2 heterocycles. The summed E-state index contributed by atoms with van der Waals surface area (Å²) in [5, 5.41) is 7.61. The van der Waals surface area contributed by atoms with Crippen LogP contribution in [-0.4, -0.2) is 15.0 Å². The molecule has 2 N–H and O–H groups in total. The molecule has 0 spiro atoms. The maximum Gasteiger partial charge on any atom is 0.229 e. The lowest BCUT2D eigenvalue weighted by Crippen LogP contribution is -2.04. The minimum atomic E-state index is 0.564. The molecule has 0 radical (unpaired) electrons. The van der Waals surface area contributed by atoms with Crippen molar-refractivity contribution in [2.45, 2.75) is 33.1 Å². The second kappa shape index (κ2) is 10.0. The van der Waals surface area contributed by atoms with Crippen LogP contribution in [0.1, 0.15) is 36.2 Å². The number of benzene rings is 3. The summed E-state index contributed by atoms with van der Waals surface area (Å²) in [6.07, 6.45) is 2.75. The van der Waals surface area contributed by atoms with Gasteiger partial charge in [0.2, 0.25) is 5.95 Å². The number of nitrogens with zero attached hydrogens (tertiary/aromatic N) is 3. The van der Waals surface area contributed by atoms with Crippen LogP contribution in [0.3, 0.4) is 0 Å². The molecule has 0 aliphatic heterocycles. The molecule has 5 aromatic rings. The molecule has 0 bridgehead atoms. The summed E-state index contributed by atoms with van der Waals surface area (Å²) in [5.74, 6) is 1.29. The monoisotopic (exact) mass is 465 g/mol. The first-order valence-electron chi connectivity index (χ1n) is 11.6. The van der Waals surface area contributed by atoms with Gasteiger partial charge in [-0.3, -0.25) is 0 Å². The van der Waals surface area contributed by atoms with Crippen molar-refractivity contribution in [2.75, 3.05) is 10.6 Å². The summed E-state index contributed by atoms with van der Waals surface area (Å²) < 4.78 is 1.18. The number of aromatic nitrogens is 3. The third kappa shape index (κ3) is 5.24. The van der Waals surface area contributed by atoms with E-state index in [4.69, 9.17) is 15.0 Å². The largest absolute Gasteiger partial charge is 0.324 e. The summed E-state index contributed by atoms with van der Waals surface area (Å²) in [4.78, 5) is 14.3. The predicted octanol–water partition coefficient (Wildman–Crippen LogP) is 7.29. The first kappa shape index (κ1) is 22.0. The maximum atomic E-state index is 4.79. The second-order valence-electron chi connectivity index (χ2n) is 8.21. The van der Waals surface area contributed by atoms with E-state index >= 15 is 0 Å². The number of fused-ring (bicyclic) bond motifs is 1. The molecule has 0 aliphatic carbocycles. The molecule has 34 heavy (non-hydrogen) atoms. The molecule has 170 valence electrons. The van der Waals surface area contributed by atoms with Crippen molar-refractivity contribution in [2.24, 2.45) is 0 Å². The van der Waals surface area contributed by atoms with Gasteiger partial charge in [0.15, 0.2) is 5.13 Å². The molecule has 3 aromatic carbocycles. The molecule has 0 saturated heterocycles. The number of nitrogens with one attached hydrogen (secondary N) is 2. The molecular weight excluding hydrogens is 438 g/mol. The Morgan fingerprint density at radius 2 is 1.47 bits per heavy atom. The smallest absolute Gasteiger partial charge is 0.229 e. The maximum absolute atomic E-state index is 4.79. The molecule has 0 atom stereocenters. The number of aryl methyl sites for hydroxylation is 2. The zero-order chi connectivity index (χ0) is 23.3. The molecule has 0 amide bonds. The van der Waals surface area contributed by atoms with Crippen molar-refractivity contribution < 1.29 is 0 Å². The van der Waals surface area contributed by atoms with E-state index < -0.39 is 0 Å². The lowest BCUT2D eigenvalue weighted by molar-refractivity contribution is 1.03. The van der Waals surface area contributed by atoms with Crippen molar-refractivity contribution in [1.29, 1.82) is 0 Å². The highest BCUT2D eigenvalue weighted by atomic mass is 32.1. The fourth-order valence-corrected chi connectivity index (χ4v) is 4.75. The Labute approximate surface area is 204 Å². The number of rotatable bonds is 8. The van der Waals surface area contributed by atoms with Crippen LogP contribution in [0.2, 0.25) is 0 Å². The first-order valence-corrected chi connectivity index (χ1v) is 12.4. The Balaban J connectivity index is 1.45. The van der Waals surface area contributed by atoms with Crippen LogP contribution < -0.4 is 10.6 Å². The van der Waals surface area contributed by atoms with E-state index in [-0.39, 0.29) is 0 Å². The summed E-state index contributed by atoms with van der Waals surface area (Å²) in [7, 11) is 0. The van der Waals surface area contributed by atoms with Gasteiger partial charge in [-0.1, -0.05) is 73.7 Å². The Morgan fingerprint density at radius 3 is 2.24 bits per heavy atom. The van der Waals surface area contributed by atoms with Gasteiger partial charge in [-0.25, -0.2) is 9.97 Å². The van der Waals surface area contributed by atoms with Gasteiger partial charge >= 0.3 is 0 Å². The quantitative estimate of drug-likeness (QED) is 0.252. The molecular formula is C28H27N5S. The fourth-order valence-electron chi connectivity index (χ4n) is 3.82. The van der Waals surface area contributed by atoms with Gasteiger partial charge in [0, 0.05) is 18.2 Å². The predicted molar refractivity (Wildman–Crippen MR) is 143 cm³/mol. The van der Waals surface area contributed by atoms with Crippen molar-refractivity contribution >= 4 is 44.1 Å². The third-order valence-electron chi connectivity index (χ3n) is 5.72. The van der Waals surface area contributed by atoms with Gasteiger partial charge in [-0.15, -0.1) is 0 Å². The highest BCUT2D eigenvalue weighted by Gasteiger charge is 2.10. The molecule has 0 saturated carbocycles. The Morgan fingerprint density at radius 1 is 0.706 bits per heavy atom. The molecule has 6 heteroatoms. The Kier molecular flexibility index (Phi) is 6.49. The van der Waals surface area contributed by atoms with Crippen LogP contribution in [-0.2, 0) is 19.3 Å². The summed E-state index contributed by atoms with van der Waals surface area (Å²) in [6.45, 7) is 4.32. The number of anilines is 4. The standard InChI is InChI=1S/C28H27N5S/c1-3-19-10-13-22(14-11-19)29-27-30-23(16-21-8-6-5-7-9-21)18-26(32-27)33-28-31-24-15-12-20(4-2)17-25(24)34-28/h5-15,17-18H,3-4,16H2,1-2H3,(H2,29,30,31,32,33). The first-order chi connectivity index (χ1) is 16.7. The highest BCUT2D eigenvalue weighted by Crippen LogP contribution is 2.29. The van der Waals surface area contributed by atoms with Crippen LogP contribution >= 0.6 is 11.3 Å². The molecule has 2 aromatic heterocycles. The third-order valence-corrected chi connectivity index (χ3v) is 6.66. The highest BCUT2D eigenvalue weighted by molar-refractivity contribution is 7.22. The molecule has 0 fully saturated rings. The lowest BCUT2D eigenvalue weighted by atomic mass is 10.1. The van der Waals surface area contributed by atoms with E-state index in [0.717, 1.165) is 47.1 Å². The summed E-state index contributed by atoms with van der Waals surface area (Å²) in [6, 6.07) is 27.2. The normalized spacial score (nSPS) is 11.0. The fraction of sp³-hybridized carbons (Fsp3) is 0.179. The summed E-state index contributed by atoms with van der Waals surface area (Å²) >= 11 is 1.64. The van der Waals surface area contributed by atoms with Crippen molar-refractivity contribution in [1.82, 2.24) is 15.0 Å². The van der Waals surface area contributed by atoms with Crippen LogP contribution in [0.15, 0.2) is 78.9 Å². The van der Waals surface area contributed by atoms with Crippen LogP contribution in [0.4, 0.5) is 22.6 Å². The zero-order valence-corrected chi connectivity index (χ0v) is 20.2. The van der Waals surface area contributed by atoms with Crippen LogP contribution in [0.5, 0.6) is 0 Å². The van der Waals surface area contributed by atoms with E-state index in [0.29, 0.717) is 5.95 Å². The number of hydrogen-bond donors (Lipinski definition) is 2. The minimum Gasteiger partial charge on any atom is -0.324 e. The molecule has 0 aliphatic rings. The topological polar surface area (TPSA) is 62.7 Å². The van der Waals surface area contributed by atoms with Gasteiger partial charge in [0.25, 0.3) is 0 Å². The van der Waals surface area contributed by atoms with E-state index in [1.165, 1.54) is 21.4 Å². The van der Waals surface area contributed by atoms with Crippen molar-refractivity contribution in [3.8, 4) is 0 Å². The van der Waals surface area contributed by atoms with E-state index in [2.05, 4.69) is 91.2 Å². The van der Waals surface area contributed by atoms with E-state index in [9.17, 15) is 0 Å². The van der Waals surface area contributed by atoms with E-state index in [1.54, 1.807) is 11.3 Å². The zero-order valence-electron chi connectivity index (χ0n) is 19.4. The Bertz CT molecular complexity index is 1390. The molecule has 5 rings (SSSR count). The van der Waals surface area contributed by atoms with Crippen molar-refractivity contribution in [3.05, 3.63) is 101 Å². The summed E-state index contributed by atoms with van der Waals surface area (Å²) in [5.41, 5.74) is 6.72. The van der Waals surface area contributed by atoms with E-state index in [1.807, 2.05) is 12.1 Å².